The van der Waals surface area contributed by atoms with Crippen LogP contribution in [0.15, 0.2) is 65.1 Å². The third kappa shape index (κ3) is 4.43. The standard InChI is InChI=1S/C25H23BrClNO3/c1-3-30-22-13-17-14-24(29)28(20-11-7-18(26)8-12-20)25(16-5-9-19(27)10-6-16)21(17)15-23(22)31-4-2/h5-13,15,25H,3-4,14H2,1-2H3/t25-/m0/s1. The minimum Gasteiger partial charge on any atom is -0.490 e. The second-order valence-electron chi connectivity index (χ2n) is 7.23. The summed E-state index contributed by atoms with van der Waals surface area (Å²) < 4.78 is 12.6. The molecule has 0 spiro atoms. The highest BCUT2D eigenvalue weighted by atomic mass is 79.9. The van der Waals surface area contributed by atoms with Crippen LogP contribution >= 0.6 is 27.5 Å². The molecule has 0 aliphatic carbocycles. The molecule has 4 nitrogen and oxygen atoms in total. The molecule has 1 amide bonds. The molecular formula is C25H23BrClNO3. The van der Waals surface area contributed by atoms with Gasteiger partial charge < -0.3 is 14.4 Å². The molecule has 0 saturated carbocycles. The maximum absolute atomic E-state index is 13.4. The van der Waals surface area contributed by atoms with Gasteiger partial charge in [-0.15, -0.1) is 0 Å². The van der Waals surface area contributed by atoms with Crippen molar-refractivity contribution in [2.45, 2.75) is 26.3 Å². The van der Waals surface area contributed by atoms with Crippen LogP contribution in [0.1, 0.15) is 36.6 Å². The summed E-state index contributed by atoms with van der Waals surface area (Å²) in [6, 6.07) is 19.1. The zero-order chi connectivity index (χ0) is 22.0. The maximum atomic E-state index is 13.4. The normalized spacial score (nSPS) is 15.5. The summed E-state index contributed by atoms with van der Waals surface area (Å²) in [5.74, 6) is 1.39. The van der Waals surface area contributed by atoms with E-state index in [-0.39, 0.29) is 11.9 Å². The smallest absolute Gasteiger partial charge is 0.232 e. The lowest BCUT2D eigenvalue weighted by atomic mass is 9.87. The van der Waals surface area contributed by atoms with Crippen molar-refractivity contribution in [2.75, 3.05) is 18.1 Å². The van der Waals surface area contributed by atoms with Gasteiger partial charge in [0.15, 0.2) is 11.5 Å². The zero-order valence-corrected chi connectivity index (χ0v) is 19.7. The number of hydrogen-bond acceptors (Lipinski definition) is 3. The SMILES string of the molecule is CCOc1cc2c(cc1OCC)[C@H](c1ccc(Cl)cc1)N(c1ccc(Br)cc1)C(=O)C2. The molecule has 31 heavy (non-hydrogen) atoms. The Morgan fingerprint density at radius 3 is 2.19 bits per heavy atom. The molecule has 0 fully saturated rings. The number of anilines is 1. The van der Waals surface area contributed by atoms with E-state index in [0.717, 1.165) is 26.9 Å². The molecule has 0 saturated heterocycles. The quantitative estimate of drug-likeness (QED) is 0.384. The molecule has 0 N–H and O–H groups in total. The van der Waals surface area contributed by atoms with Gasteiger partial charge in [0.05, 0.1) is 25.7 Å². The average Bonchev–Trinajstić information content (AvgIpc) is 2.75. The van der Waals surface area contributed by atoms with Gasteiger partial charge in [-0.1, -0.05) is 39.7 Å². The van der Waals surface area contributed by atoms with Gasteiger partial charge >= 0.3 is 0 Å². The molecule has 1 heterocycles. The van der Waals surface area contributed by atoms with E-state index >= 15 is 0 Å². The zero-order valence-electron chi connectivity index (χ0n) is 17.4. The first kappa shape index (κ1) is 21.7. The van der Waals surface area contributed by atoms with Crippen LogP contribution in [0.25, 0.3) is 0 Å². The van der Waals surface area contributed by atoms with Gasteiger partial charge in [-0.05, 0) is 79.1 Å². The monoisotopic (exact) mass is 499 g/mol. The summed E-state index contributed by atoms with van der Waals surface area (Å²) in [4.78, 5) is 15.2. The van der Waals surface area contributed by atoms with E-state index in [9.17, 15) is 4.79 Å². The second-order valence-corrected chi connectivity index (χ2v) is 8.59. The number of fused-ring (bicyclic) bond motifs is 1. The molecular weight excluding hydrogens is 478 g/mol. The van der Waals surface area contributed by atoms with Gasteiger partial charge in [-0.2, -0.15) is 0 Å². The minimum atomic E-state index is -0.301. The van der Waals surface area contributed by atoms with E-state index in [1.54, 1.807) is 0 Å². The third-order valence-electron chi connectivity index (χ3n) is 5.26. The lowest BCUT2D eigenvalue weighted by molar-refractivity contribution is -0.118. The molecule has 160 valence electrons. The Bertz CT molecular complexity index is 1080. The minimum absolute atomic E-state index is 0.0291. The third-order valence-corrected chi connectivity index (χ3v) is 6.04. The van der Waals surface area contributed by atoms with E-state index in [0.29, 0.717) is 36.2 Å². The van der Waals surface area contributed by atoms with Crippen LogP contribution < -0.4 is 14.4 Å². The van der Waals surface area contributed by atoms with Crippen LogP contribution in [-0.2, 0) is 11.2 Å². The fourth-order valence-corrected chi connectivity index (χ4v) is 4.35. The van der Waals surface area contributed by atoms with Crippen LogP contribution in [-0.4, -0.2) is 19.1 Å². The number of hydrogen-bond donors (Lipinski definition) is 0. The first-order valence-electron chi connectivity index (χ1n) is 10.3. The summed E-state index contributed by atoms with van der Waals surface area (Å²) >= 11 is 9.63. The number of nitrogens with zero attached hydrogens (tertiary/aromatic N) is 1. The molecule has 1 aliphatic heterocycles. The predicted molar refractivity (Wildman–Crippen MR) is 127 cm³/mol. The highest BCUT2D eigenvalue weighted by Crippen LogP contribution is 2.43. The largest absolute Gasteiger partial charge is 0.490 e. The Hall–Kier alpha value is -2.50. The van der Waals surface area contributed by atoms with Gasteiger partial charge in [0.1, 0.15) is 0 Å². The van der Waals surface area contributed by atoms with Crippen molar-refractivity contribution in [3.8, 4) is 11.5 Å². The number of rotatable bonds is 6. The van der Waals surface area contributed by atoms with Crippen molar-refractivity contribution in [3.63, 3.8) is 0 Å². The van der Waals surface area contributed by atoms with Gasteiger partial charge in [-0.3, -0.25) is 4.79 Å². The molecule has 0 unspecified atom stereocenters. The Balaban J connectivity index is 1.91. The van der Waals surface area contributed by atoms with Crippen LogP contribution in [0, 0.1) is 0 Å². The van der Waals surface area contributed by atoms with Crippen LogP contribution in [0.2, 0.25) is 5.02 Å². The number of amides is 1. The number of halogens is 2. The average molecular weight is 501 g/mol. The Morgan fingerprint density at radius 1 is 0.968 bits per heavy atom. The summed E-state index contributed by atoms with van der Waals surface area (Å²) in [6.45, 7) is 4.94. The Kier molecular flexibility index (Phi) is 6.54. The van der Waals surface area contributed by atoms with Crippen molar-refractivity contribution in [2.24, 2.45) is 0 Å². The maximum Gasteiger partial charge on any atom is 0.232 e. The van der Waals surface area contributed by atoms with Gasteiger partial charge in [-0.25, -0.2) is 0 Å². The summed E-state index contributed by atoms with van der Waals surface area (Å²) in [7, 11) is 0. The lowest BCUT2D eigenvalue weighted by Gasteiger charge is -2.38. The molecule has 3 aromatic rings. The lowest BCUT2D eigenvalue weighted by Crippen LogP contribution is -2.41. The number of carbonyl (C=O) groups is 1. The fourth-order valence-electron chi connectivity index (χ4n) is 3.96. The van der Waals surface area contributed by atoms with Crippen molar-refractivity contribution in [1.29, 1.82) is 0 Å². The van der Waals surface area contributed by atoms with Crippen LogP contribution in [0.5, 0.6) is 11.5 Å². The number of benzene rings is 3. The highest BCUT2D eigenvalue weighted by molar-refractivity contribution is 9.10. The molecule has 3 aromatic carbocycles. The predicted octanol–water partition coefficient (Wildman–Crippen LogP) is 6.58. The summed E-state index contributed by atoms with van der Waals surface area (Å²) in [6.07, 6.45) is 0.294. The van der Waals surface area contributed by atoms with E-state index in [2.05, 4.69) is 15.9 Å². The van der Waals surface area contributed by atoms with Gasteiger partial charge in [0.25, 0.3) is 0 Å². The Morgan fingerprint density at radius 2 is 1.58 bits per heavy atom. The summed E-state index contributed by atoms with van der Waals surface area (Å²) in [5, 5.41) is 0.656. The van der Waals surface area contributed by atoms with Crippen molar-refractivity contribution in [1.82, 2.24) is 0 Å². The highest BCUT2D eigenvalue weighted by Gasteiger charge is 2.36. The molecule has 0 aromatic heterocycles. The Labute approximate surface area is 195 Å². The van der Waals surface area contributed by atoms with Crippen molar-refractivity contribution < 1.29 is 14.3 Å². The first-order chi connectivity index (χ1) is 15.0. The van der Waals surface area contributed by atoms with E-state index in [1.807, 2.05) is 79.4 Å². The number of ether oxygens (including phenoxy) is 2. The van der Waals surface area contributed by atoms with E-state index in [4.69, 9.17) is 21.1 Å². The topological polar surface area (TPSA) is 38.8 Å². The first-order valence-corrected chi connectivity index (χ1v) is 11.4. The van der Waals surface area contributed by atoms with E-state index in [1.165, 1.54) is 0 Å². The fraction of sp³-hybridized carbons (Fsp3) is 0.240. The van der Waals surface area contributed by atoms with E-state index < -0.39 is 0 Å². The number of carbonyl (C=O) groups excluding carboxylic acids is 1. The molecule has 1 atom stereocenters. The summed E-state index contributed by atoms with van der Waals surface area (Å²) in [5.41, 5.74) is 3.79. The van der Waals surface area contributed by atoms with Crippen molar-refractivity contribution in [3.05, 3.63) is 86.8 Å². The molecule has 0 bridgehead atoms. The molecule has 0 radical (unpaired) electrons. The molecule has 4 rings (SSSR count). The van der Waals surface area contributed by atoms with Crippen LogP contribution in [0.3, 0.4) is 0 Å². The van der Waals surface area contributed by atoms with Crippen LogP contribution in [0.4, 0.5) is 5.69 Å². The molecule has 1 aliphatic rings. The molecule has 6 heteroatoms. The van der Waals surface area contributed by atoms with Gasteiger partial charge in [0, 0.05) is 15.2 Å². The van der Waals surface area contributed by atoms with Crippen molar-refractivity contribution >= 4 is 39.1 Å². The second kappa shape index (κ2) is 9.33. The van der Waals surface area contributed by atoms with Gasteiger partial charge in [0.2, 0.25) is 5.91 Å².